The van der Waals surface area contributed by atoms with Crippen molar-refractivity contribution in [3.63, 3.8) is 0 Å². The second-order valence-electron chi connectivity index (χ2n) is 2.25. The summed E-state index contributed by atoms with van der Waals surface area (Å²) in [5.41, 5.74) is 5.16. The number of hydrogen-bond acceptors (Lipinski definition) is 3. The molecule has 2 unspecified atom stereocenters. The first-order valence-electron chi connectivity index (χ1n) is 3.02. The normalized spacial score (nSPS) is 35.6. The lowest BCUT2D eigenvalue weighted by molar-refractivity contribution is -0.591. The summed E-state index contributed by atoms with van der Waals surface area (Å²) in [6.45, 7) is 0. The molecule has 0 radical (unpaired) electrons. The van der Waals surface area contributed by atoms with E-state index in [1.165, 1.54) is 18.2 Å². The van der Waals surface area contributed by atoms with Gasteiger partial charge in [0.15, 0.2) is 0 Å². The van der Waals surface area contributed by atoms with Gasteiger partial charge in [0.25, 0.3) is 0 Å². The van der Waals surface area contributed by atoms with Crippen LogP contribution in [-0.4, -0.2) is 16.8 Å². The number of nitrogens with two attached hydrogens (primary N) is 1. The highest BCUT2D eigenvalue weighted by molar-refractivity contribution is 5.20. The summed E-state index contributed by atoms with van der Waals surface area (Å²) in [7, 11) is 0. The quantitative estimate of drug-likeness (QED) is 0.340. The van der Waals surface area contributed by atoms with E-state index in [2.05, 4.69) is 0 Å². The van der Waals surface area contributed by atoms with Gasteiger partial charge in [-0.2, -0.15) is 4.39 Å². The zero-order chi connectivity index (χ0) is 8.48. The minimum atomic E-state index is -2.63. The van der Waals surface area contributed by atoms with Crippen LogP contribution in [0.25, 0.3) is 0 Å². The Morgan fingerprint density at radius 2 is 2.27 bits per heavy atom. The van der Waals surface area contributed by atoms with Crippen LogP contribution >= 0.6 is 0 Å². The van der Waals surface area contributed by atoms with Crippen LogP contribution in [0, 0.1) is 10.1 Å². The molecule has 0 saturated heterocycles. The van der Waals surface area contributed by atoms with Gasteiger partial charge in [-0.15, -0.1) is 0 Å². The number of allylic oxidation sites excluding steroid dienone is 2. The number of rotatable bonds is 1. The average Bonchev–Trinajstić information content (AvgIpc) is 1.95. The smallest absolute Gasteiger partial charge is 0.316 e. The van der Waals surface area contributed by atoms with E-state index in [9.17, 15) is 14.5 Å². The molecular weight excluding hydrogens is 151 g/mol. The second-order valence-corrected chi connectivity index (χ2v) is 2.25. The van der Waals surface area contributed by atoms with Crippen LogP contribution in [-0.2, 0) is 0 Å². The largest absolute Gasteiger partial charge is 0.396 e. The summed E-state index contributed by atoms with van der Waals surface area (Å²) in [6, 6.07) is -1.19. The van der Waals surface area contributed by atoms with Gasteiger partial charge in [-0.3, -0.25) is 10.1 Å². The number of hydrogen-bond donors (Lipinski definition) is 1. The lowest BCUT2D eigenvalue weighted by atomic mass is 10.0. The predicted octanol–water partition coefficient (Wildman–Crippen LogP) is 0.382. The Labute approximate surface area is 62.3 Å². The van der Waals surface area contributed by atoms with Crippen molar-refractivity contribution in [3.05, 3.63) is 34.4 Å². The molecule has 0 aromatic carbocycles. The van der Waals surface area contributed by atoms with Crippen molar-refractivity contribution in [2.45, 2.75) is 11.8 Å². The van der Waals surface area contributed by atoms with Gasteiger partial charge >= 0.3 is 5.79 Å². The summed E-state index contributed by atoms with van der Waals surface area (Å²) in [5.74, 6) is -2.63. The Bertz CT molecular complexity index is 239. The summed E-state index contributed by atoms with van der Waals surface area (Å²) in [6.07, 6.45) is 4.85. The van der Waals surface area contributed by atoms with Gasteiger partial charge in [-0.1, -0.05) is 18.2 Å². The first-order valence-corrected chi connectivity index (χ1v) is 3.02. The maximum atomic E-state index is 13.1. The van der Waals surface area contributed by atoms with Crippen LogP contribution in [0.15, 0.2) is 24.3 Å². The maximum Gasteiger partial charge on any atom is 0.396 e. The molecule has 0 heterocycles. The monoisotopic (exact) mass is 158 g/mol. The van der Waals surface area contributed by atoms with E-state index >= 15 is 0 Å². The molecule has 4 nitrogen and oxygen atoms in total. The highest BCUT2D eigenvalue weighted by Gasteiger charge is 2.46. The summed E-state index contributed by atoms with van der Waals surface area (Å²) < 4.78 is 13.1. The number of halogens is 1. The molecule has 0 aromatic heterocycles. The molecule has 11 heavy (non-hydrogen) atoms. The molecule has 60 valence electrons. The minimum absolute atomic E-state index is 0.845. The maximum absolute atomic E-state index is 13.1. The standard InChI is InChI=1S/C6H7FN2O2/c7-6(9(10)11)4-2-1-3-5(6)8/h1-5H,8H2. The fourth-order valence-corrected chi connectivity index (χ4v) is 0.803. The van der Waals surface area contributed by atoms with Gasteiger partial charge in [0.2, 0.25) is 0 Å². The van der Waals surface area contributed by atoms with Gasteiger partial charge in [-0.05, 0) is 0 Å². The van der Waals surface area contributed by atoms with Gasteiger partial charge in [0.1, 0.15) is 6.04 Å². The van der Waals surface area contributed by atoms with Gasteiger partial charge in [0.05, 0.1) is 4.92 Å². The highest BCUT2D eigenvalue weighted by atomic mass is 19.1. The van der Waals surface area contributed by atoms with Crippen LogP contribution in [0.5, 0.6) is 0 Å². The van der Waals surface area contributed by atoms with E-state index in [-0.39, 0.29) is 0 Å². The molecule has 0 bridgehead atoms. The molecule has 0 aromatic rings. The van der Waals surface area contributed by atoms with Gasteiger partial charge in [-0.25, -0.2) is 0 Å². The molecule has 1 rings (SSSR count). The molecule has 1 aliphatic carbocycles. The molecule has 0 fully saturated rings. The molecule has 1 aliphatic rings. The Kier molecular flexibility index (Phi) is 1.74. The third-order valence-electron chi connectivity index (χ3n) is 1.51. The van der Waals surface area contributed by atoms with Crippen molar-refractivity contribution in [2.24, 2.45) is 5.73 Å². The zero-order valence-corrected chi connectivity index (χ0v) is 5.61. The summed E-state index contributed by atoms with van der Waals surface area (Å²) in [4.78, 5) is 9.12. The Morgan fingerprint density at radius 1 is 1.64 bits per heavy atom. The van der Waals surface area contributed by atoms with Crippen molar-refractivity contribution < 1.29 is 9.31 Å². The molecule has 0 amide bonds. The first kappa shape index (κ1) is 7.87. The molecule has 0 saturated carbocycles. The van der Waals surface area contributed by atoms with E-state index in [0.717, 1.165) is 6.08 Å². The van der Waals surface area contributed by atoms with Crippen molar-refractivity contribution in [3.8, 4) is 0 Å². The number of nitrogens with zero attached hydrogens (tertiary/aromatic N) is 1. The third kappa shape index (κ3) is 1.14. The Hall–Kier alpha value is -1.23. The number of nitro groups is 1. The average molecular weight is 158 g/mol. The van der Waals surface area contributed by atoms with Crippen LogP contribution in [0.1, 0.15) is 0 Å². The molecule has 2 atom stereocenters. The van der Waals surface area contributed by atoms with Crippen molar-refractivity contribution in [1.29, 1.82) is 0 Å². The zero-order valence-electron chi connectivity index (χ0n) is 5.61. The van der Waals surface area contributed by atoms with Crippen LogP contribution in [0.3, 0.4) is 0 Å². The Balaban J connectivity index is 2.94. The fraction of sp³-hybridized carbons (Fsp3) is 0.333. The fourth-order valence-electron chi connectivity index (χ4n) is 0.803. The molecule has 5 heteroatoms. The third-order valence-corrected chi connectivity index (χ3v) is 1.51. The Morgan fingerprint density at radius 3 is 2.64 bits per heavy atom. The van der Waals surface area contributed by atoms with Gasteiger partial charge in [0, 0.05) is 6.08 Å². The van der Waals surface area contributed by atoms with Crippen LogP contribution in [0.2, 0.25) is 0 Å². The molecule has 2 N–H and O–H groups in total. The van der Waals surface area contributed by atoms with Crippen molar-refractivity contribution in [2.75, 3.05) is 0 Å². The van der Waals surface area contributed by atoms with Crippen LogP contribution < -0.4 is 5.73 Å². The predicted molar refractivity (Wildman–Crippen MR) is 37.1 cm³/mol. The van der Waals surface area contributed by atoms with Gasteiger partial charge < -0.3 is 5.73 Å². The first-order chi connectivity index (χ1) is 5.07. The van der Waals surface area contributed by atoms with Crippen molar-refractivity contribution >= 4 is 0 Å². The lowest BCUT2D eigenvalue weighted by Gasteiger charge is -2.18. The topological polar surface area (TPSA) is 69.2 Å². The lowest BCUT2D eigenvalue weighted by Crippen LogP contribution is -2.48. The summed E-state index contributed by atoms with van der Waals surface area (Å²) in [5, 5.41) is 10.2. The summed E-state index contributed by atoms with van der Waals surface area (Å²) >= 11 is 0. The van der Waals surface area contributed by atoms with Crippen LogP contribution in [0.4, 0.5) is 4.39 Å². The van der Waals surface area contributed by atoms with E-state index < -0.39 is 16.8 Å². The molecule has 0 aliphatic heterocycles. The van der Waals surface area contributed by atoms with E-state index in [0.29, 0.717) is 0 Å². The number of alkyl halides is 1. The van der Waals surface area contributed by atoms with Crippen molar-refractivity contribution in [1.82, 2.24) is 0 Å². The highest BCUT2D eigenvalue weighted by Crippen LogP contribution is 2.21. The molecule has 0 spiro atoms. The minimum Gasteiger partial charge on any atom is -0.316 e. The second kappa shape index (κ2) is 2.43. The van der Waals surface area contributed by atoms with E-state index in [4.69, 9.17) is 5.73 Å². The molecular formula is C6H7FN2O2. The van der Waals surface area contributed by atoms with E-state index in [1.54, 1.807) is 0 Å². The van der Waals surface area contributed by atoms with E-state index in [1.807, 2.05) is 0 Å². The SMILES string of the molecule is NC1C=CC=CC1(F)[N+](=O)[O-].